The first-order valence-electron chi connectivity index (χ1n) is 20.9. The van der Waals surface area contributed by atoms with Gasteiger partial charge in [0.25, 0.3) is 0 Å². The lowest BCUT2D eigenvalue weighted by Gasteiger charge is -2.67. The van der Waals surface area contributed by atoms with E-state index in [0.29, 0.717) is 24.8 Å². The molecule has 1 aromatic rings. The number of allylic oxidation sites excluding steroid dienone is 1. The molecule has 3 saturated carbocycles. The van der Waals surface area contributed by atoms with Gasteiger partial charge in [0.15, 0.2) is 5.78 Å². The van der Waals surface area contributed by atoms with Gasteiger partial charge in [-0.15, -0.1) is 0 Å². The molecule has 8 atom stereocenters. The van der Waals surface area contributed by atoms with E-state index in [1.807, 2.05) is 12.5 Å². The van der Waals surface area contributed by atoms with Gasteiger partial charge in [-0.1, -0.05) is 66.9 Å². The molecule has 5 rings (SSSR count). The van der Waals surface area contributed by atoms with Gasteiger partial charge in [0.2, 0.25) is 0 Å². The topological polar surface area (TPSA) is 131 Å². The average molecular weight is 738 g/mol. The number of fused-ring (bicyclic) bond motifs is 5. The summed E-state index contributed by atoms with van der Waals surface area (Å²) in [5.41, 5.74) is 0.500. The summed E-state index contributed by atoms with van der Waals surface area (Å²) in [7, 11) is 0. The number of aliphatic carboxylic acids is 1. The highest BCUT2D eigenvalue weighted by atomic mass is 16.5. The summed E-state index contributed by atoms with van der Waals surface area (Å²) in [6, 6.07) is 0. The highest BCUT2D eigenvalue weighted by Gasteiger charge is 2.66. The number of nitrogens with one attached hydrogen (secondary N) is 1. The number of carboxylic acids is 1. The molecule has 0 unspecified atom stereocenters. The van der Waals surface area contributed by atoms with Gasteiger partial charge < -0.3 is 24.8 Å². The van der Waals surface area contributed by atoms with Crippen LogP contribution < -0.4 is 5.32 Å². The predicted octanol–water partition coefficient (Wildman–Crippen LogP) is 8.40. The molecule has 3 fully saturated rings. The Labute approximate surface area is 319 Å². The third-order valence-corrected chi connectivity index (χ3v) is 15.4. The predicted molar refractivity (Wildman–Crippen MR) is 208 cm³/mol. The first kappa shape index (κ1) is 41.6. The average Bonchev–Trinajstić information content (AvgIpc) is 3.72. The summed E-state index contributed by atoms with van der Waals surface area (Å²) >= 11 is 0. The first-order chi connectivity index (χ1) is 24.8. The fourth-order valence-corrected chi connectivity index (χ4v) is 11.6. The number of ether oxygens (including phenoxy) is 1. The van der Waals surface area contributed by atoms with Crippen LogP contribution in [0.1, 0.15) is 146 Å². The van der Waals surface area contributed by atoms with Crippen LogP contribution >= 0.6 is 0 Å². The van der Waals surface area contributed by atoms with Crippen molar-refractivity contribution in [2.45, 2.75) is 165 Å². The van der Waals surface area contributed by atoms with Crippen molar-refractivity contribution in [2.24, 2.45) is 50.7 Å². The van der Waals surface area contributed by atoms with Gasteiger partial charge in [0.05, 0.1) is 24.3 Å². The summed E-state index contributed by atoms with van der Waals surface area (Å²) < 4.78 is 8.30. The molecule has 0 radical (unpaired) electrons. The molecule has 3 N–H and O–H groups in total. The molecule has 0 spiro atoms. The number of carboxylic acid groups (broad SMARTS) is 1. The Morgan fingerprint density at radius 1 is 1.08 bits per heavy atom. The Hall–Kier alpha value is -2.52. The van der Waals surface area contributed by atoms with Crippen molar-refractivity contribution in [3.63, 3.8) is 0 Å². The third kappa shape index (κ3) is 7.81. The maximum atomic E-state index is 14.0. The molecule has 1 heterocycles. The van der Waals surface area contributed by atoms with E-state index in [1.54, 1.807) is 20.0 Å². The number of Topliss-reactive ketones (excluding diaryl/α,β-unsaturated/α-hetero) is 1. The van der Waals surface area contributed by atoms with Crippen molar-refractivity contribution in [3.8, 4) is 0 Å². The fraction of sp³-hybridized carbons (Fsp3) is 0.818. The van der Waals surface area contributed by atoms with E-state index in [-0.39, 0.29) is 46.4 Å². The Morgan fingerprint density at radius 3 is 2.45 bits per heavy atom. The second kappa shape index (κ2) is 15.9. The van der Waals surface area contributed by atoms with E-state index < -0.39 is 28.9 Å². The van der Waals surface area contributed by atoms with Crippen molar-refractivity contribution in [1.29, 1.82) is 0 Å². The monoisotopic (exact) mass is 738 g/mol. The van der Waals surface area contributed by atoms with E-state index in [4.69, 9.17) is 4.74 Å². The molecule has 0 amide bonds. The van der Waals surface area contributed by atoms with E-state index in [1.165, 1.54) is 5.57 Å². The smallest absolute Gasteiger partial charge is 0.309 e. The maximum Gasteiger partial charge on any atom is 0.309 e. The van der Waals surface area contributed by atoms with Crippen LogP contribution in [-0.2, 0) is 25.7 Å². The van der Waals surface area contributed by atoms with Crippen molar-refractivity contribution in [1.82, 2.24) is 14.9 Å². The SMILES string of the molecule is CCCC[C@H](OC(=O)CC(C)(C)C(=O)O)C(C)(C)[C@@H]1CC[C@]2(C)[C@H](CC[C@@H]3C4=C(C(C)C)C(=O)C[C@]4([C@H](O)CNCCCn4ccnc4)CC[C@]32C)C1. The molecule has 298 valence electrons. The first-order valence-corrected chi connectivity index (χ1v) is 20.9. The minimum atomic E-state index is -1.17. The number of hydrogen-bond acceptors (Lipinski definition) is 7. The number of nitrogens with zero attached hydrogens (tertiary/aromatic N) is 2. The highest BCUT2D eigenvalue weighted by molar-refractivity contribution is 6.00. The Morgan fingerprint density at radius 2 is 1.81 bits per heavy atom. The van der Waals surface area contributed by atoms with Crippen LogP contribution in [-0.4, -0.2) is 62.8 Å². The standard InChI is InChI=1S/C44H71N3O6/c1-10-11-13-35(53-36(50)26-40(4,5)39(51)52)41(6,7)30-16-17-42(8)31(24-30)14-15-32-38-37(29(2)3)33(48)25-44(38,19-18-43(32,42)9)34(49)27-45-20-12-22-47-23-21-46-28-47/h21,23,28-32,34-35,45,49H,10-20,22,24-27H2,1-9H3,(H,51,52)/t30-,31-,32-,34-,35+,42-,43-,44+/m1/s1. The van der Waals surface area contributed by atoms with Crippen molar-refractivity contribution < 1.29 is 29.3 Å². The highest BCUT2D eigenvalue weighted by Crippen LogP contribution is 2.73. The number of imidazole rings is 1. The fourth-order valence-electron chi connectivity index (χ4n) is 11.6. The van der Waals surface area contributed by atoms with Crippen LogP contribution in [0.3, 0.4) is 0 Å². The molecular formula is C44H71N3O6. The largest absolute Gasteiger partial charge is 0.481 e. The minimum absolute atomic E-state index is 0.0169. The molecule has 0 saturated heterocycles. The molecular weight excluding hydrogens is 666 g/mol. The van der Waals surface area contributed by atoms with Gasteiger partial charge in [-0.2, -0.15) is 0 Å². The summed E-state index contributed by atoms with van der Waals surface area (Å²) in [6.45, 7) is 21.4. The van der Waals surface area contributed by atoms with Gasteiger partial charge in [0.1, 0.15) is 6.10 Å². The lowest BCUT2D eigenvalue weighted by atomic mass is 9.38. The minimum Gasteiger partial charge on any atom is -0.481 e. The molecule has 0 aliphatic heterocycles. The molecule has 4 aliphatic carbocycles. The number of carbonyl (C=O) groups excluding carboxylic acids is 2. The summed E-state index contributed by atoms with van der Waals surface area (Å²) in [5, 5.41) is 25.3. The zero-order chi connectivity index (χ0) is 39.0. The van der Waals surface area contributed by atoms with E-state index in [2.05, 4.69) is 63.3 Å². The summed E-state index contributed by atoms with van der Waals surface area (Å²) in [5.74, 6) is 0.140. The zero-order valence-electron chi connectivity index (χ0n) is 34.4. The number of carbonyl (C=O) groups is 3. The second-order valence-corrected chi connectivity index (χ2v) is 19.6. The van der Waals surface area contributed by atoms with Crippen LogP contribution in [0.15, 0.2) is 29.9 Å². The summed E-state index contributed by atoms with van der Waals surface area (Å²) in [6.07, 6.45) is 15.9. The summed E-state index contributed by atoms with van der Waals surface area (Å²) in [4.78, 5) is 43.1. The number of rotatable bonds is 17. The van der Waals surface area contributed by atoms with Crippen LogP contribution in [0.25, 0.3) is 0 Å². The molecule has 4 aliphatic rings. The Balaban J connectivity index is 1.34. The van der Waals surface area contributed by atoms with Gasteiger partial charge in [-0.25, -0.2) is 4.98 Å². The molecule has 1 aromatic heterocycles. The van der Waals surface area contributed by atoms with Crippen LogP contribution in [0, 0.1) is 50.7 Å². The van der Waals surface area contributed by atoms with E-state index in [9.17, 15) is 24.6 Å². The molecule has 9 heteroatoms. The number of aromatic nitrogens is 2. The van der Waals surface area contributed by atoms with Crippen LogP contribution in [0.4, 0.5) is 0 Å². The zero-order valence-corrected chi connectivity index (χ0v) is 34.4. The number of aliphatic hydroxyl groups excluding tert-OH is 1. The van der Waals surface area contributed by atoms with Gasteiger partial charge in [-0.3, -0.25) is 14.4 Å². The normalized spacial score (nSPS) is 31.5. The lowest BCUT2D eigenvalue weighted by Crippen LogP contribution is -2.60. The quantitative estimate of drug-likeness (QED) is 0.107. The van der Waals surface area contributed by atoms with Crippen molar-refractivity contribution >= 4 is 17.7 Å². The Bertz CT molecular complexity index is 1500. The third-order valence-electron chi connectivity index (χ3n) is 15.4. The van der Waals surface area contributed by atoms with Crippen molar-refractivity contribution in [2.75, 3.05) is 13.1 Å². The Kier molecular flexibility index (Phi) is 12.5. The molecule has 9 nitrogen and oxygen atoms in total. The number of hydrogen-bond donors (Lipinski definition) is 3. The number of aliphatic hydroxyl groups is 1. The second-order valence-electron chi connectivity index (χ2n) is 19.6. The maximum absolute atomic E-state index is 14.0. The van der Waals surface area contributed by atoms with Crippen LogP contribution in [0.2, 0.25) is 0 Å². The molecule has 53 heavy (non-hydrogen) atoms. The van der Waals surface area contributed by atoms with Gasteiger partial charge in [-0.05, 0) is 118 Å². The molecule has 0 aromatic carbocycles. The van der Waals surface area contributed by atoms with Crippen LogP contribution in [0.5, 0.6) is 0 Å². The number of aryl methyl sites for hydroxylation is 1. The van der Waals surface area contributed by atoms with E-state index in [0.717, 1.165) is 89.3 Å². The number of ketones is 1. The van der Waals surface area contributed by atoms with Gasteiger partial charge >= 0.3 is 11.9 Å². The lowest BCUT2D eigenvalue weighted by molar-refractivity contribution is -0.174. The number of unbranched alkanes of at least 4 members (excludes halogenated alkanes) is 1. The number of esters is 1. The van der Waals surface area contributed by atoms with Crippen molar-refractivity contribution in [3.05, 3.63) is 29.9 Å². The van der Waals surface area contributed by atoms with Gasteiger partial charge in [0, 0.05) is 42.7 Å². The molecule has 0 bridgehead atoms. The van der Waals surface area contributed by atoms with E-state index >= 15 is 0 Å².